The Morgan fingerprint density at radius 1 is 1.15 bits per heavy atom. The lowest BCUT2D eigenvalue weighted by atomic mass is 10.4. The molecular weight excluding hydrogens is 268 g/mol. The average molecular weight is 294 g/mol. The molecule has 0 bridgehead atoms. The predicted molar refractivity (Wildman–Crippen MR) is 73.2 cm³/mol. The molecule has 0 saturated heterocycles. The third kappa shape index (κ3) is 25.8. The van der Waals surface area contributed by atoms with Crippen LogP contribution in [-0.4, -0.2) is 68.5 Å². The summed E-state index contributed by atoms with van der Waals surface area (Å²) in [7, 11) is 0. The van der Waals surface area contributed by atoms with Crippen LogP contribution in [0.2, 0.25) is 0 Å². The zero-order valence-electron chi connectivity index (χ0n) is 12.2. The number of aliphatic hydroxyl groups excluding tert-OH is 2. The molecular formula is C13H26O7. The summed E-state index contributed by atoms with van der Waals surface area (Å²) in [6.45, 7) is 8.83. The number of ether oxygens (including phenoxy) is 4. The first-order chi connectivity index (χ1) is 9.54. The topological polar surface area (TPSA) is 94.5 Å². The van der Waals surface area contributed by atoms with E-state index in [9.17, 15) is 4.79 Å². The summed E-state index contributed by atoms with van der Waals surface area (Å²) in [5.74, 6) is -0.329. The largest absolute Gasteiger partial charge is 0.435 e. The molecule has 0 amide bonds. The molecule has 0 fully saturated rings. The van der Waals surface area contributed by atoms with E-state index in [0.29, 0.717) is 39.6 Å². The SMILES string of the molecule is C=COC(C)=O.CC(O)COCCOCCOCCO. The van der Waals surface area contributed by atoms with E-state index in [0.717, 1.165) is 6.26 Å². The maximum atomic E-state index is 9.75. The van der Waals surface area contributed by atoms with Gasteiger partial charge in [-0.15, -0.1) is 0 Å². The second-order valence-corrected chi connectivity index (χ2v) is 3.65. The summed E-state index contributed by atoms with van der Waals surface area (Å²) in [5.41, 5.74) is 0. The van der Waals surface area contributed by atoms with Crippen molar-refractivity contribution < 1.29 is 34.0 Å². The van der Waals surface area contributed by atoms with Crippen LogP contribution in [0.25, 0.3) is 0 Å². The van der Waals surface area contributed by atoms with Crippen LogP contribution >= 0.6 is 0 Å². The molecule has 0 aromatic rings. The van der Waals surface area contributed by atoms with E-state index in [2.05, 4.69) is 11.3 Å². The van der Waals surface area contributed by atoms with Crippen molar-refractivity contribution in [2.24, 2.45) is 0 Å². The van der Waals surface area contributed by atoms with Crippen LogP contribution in [0.3, 0.4) is 0 Å². The Morgan fingerprint density at radius 2 is 1.65 bits per heavy atom. The quantitative estimate of drug-likeness (QED) is 0.317. The molecule has 20 heavy (non-hydrogen) atoms. The fraction of sp³-hybridized carbons (Fsp3) is 0.769. The molecule has 0 saturated carbocycles. The van der Waals surface area contributed by atoms with Gasteiger partial charge >= 0.3 is 5.97 Å². The van der Waals surface area contributed by atoms with Gasteiger partial charge < -0.3 is 29.2 Å². The second kappa shape index (κ2) is 18.0. The molecule has 0 heterocycles. The van der Waals surface area contributed by atoms with Crippen LogP contribution in [0, 0.1) is 0 Å². The van der Waals surface area contributed by atoms with E-state index in [1.165, 1.54) is 6.92 Å². The molecule has 7 nitrogen and oxygen atoms in total. The van der Waals surface area contributed by atoms with Crippen molar-refractivity contribution in [3.8, 4) is 0 Å². The van der Waals surface area contributed by atoms with E-state index in [-0.39, 0.29) is 12.6 Å². The zero-order valence-corrected chi connectivity index (χ0v) is 12.2. The molecule has 0 aromatic carbocycles. The molecule has 0 aromatic heterocycles. The fourth-order valence-electron chi connectivity index (χ4n) is 0.876. The van der Waals surface area contributed by atoms with Gasteiger partial charge in [0.1, 0.15) is 0 Å². The smallest absolute Gasteiger partial charge is 0.307 e. The summed E-state index contributed by atoms with van der Waals surface area (Å²) in [6, 6.07) is 0. The molecule has 120 valence electrons. The average Bonchev–Trinajstić information content (AvgIpc) is 2.37. The van der Waals surface area contributed by atoms with Gasteiger partial charge in [0.15, 0.2) is 0 Å². The summed E-state index contributed by atoms with van der Waals surface area (Å²) in [4.78, 5) is 9.75. The molecule has 0 aliphatic carbocycles. The lowest BCUT2D eigenvalue weighted by Crippen LogP contribution is -2.15. The normalized spacial score (nSPS) is 11.2. The Labute approximate surface area is 120 Å². The van der Waals surface area contributed by atoms with Gasteiger partial charge in [0, 0.05) is 6.92 Å². The Morgan fingerprint density at radius 3 is 2.00 bits per heavy atom. The van der Waals surface area contributed by atoms with Crippen LogP contribution in [0.4, 0.5) is 0 Å². The molecule has 0 aliphatic heterocycles. The molecule has 2 N–H and O–H groups in total. The van der Waals surface area contributed by atoms with Crippen LogP contribution in [0.15, 0.2) is 12.8 Å². The summed E-state index contributed by atoms with van der Waals surface area (Å²) < 4.78 is 19.4. The minimum absolute atomic E-state index is 0.0392. The minimum atomic E-state index is -0.428. The molecule has 0 rings (SSSR count). The predicted octanol–water partition coefficient (Wildman–Crippen LogP) is 0.102. The van der Waals surface area contributed by atoms with E-state index in [1.807, 2.05) is 0 Å². The van der Waals surface area contributed by atoms with E-state index in [4.69, 9.17) is 24.4 Å². The standard InChI is InChI=1S/C9H20O5.C4H6O2/c1-9(11)8-14-7-6-13-5-4-12-3-2-10;1-3-6-4(2)5/h9-11H,2-8H2,1H3;3H,1H2,2H3. The van der Waals surface area contributed by atoms with Gasteiger partial charge in [0.25, 0.3) is 0 Å². The Bertz CT molecular complexity index is 219. The monoisotopic (exact) mass is 294 g/mol. The molecule has 0 spiro atoms. The number of hydrogen-bond acceptors (Lipinski definition) is 7. The summed E-state index contributed by atoms with van der Waals surface area (Å²) in [5, 5.41) is 17.2. The molecule has 0 aliphatic rings. The van der Waals surface area contributed by atoms with Crippen molar-refractivity contribution in [3.05, 3.63) is 12.8 Å². The molecule has 1 atom stereocenters. The highest BCUT2D eigenvalue weighted by atomic mass is 16.5. The van der Waals surface area contributed by atoms with Crippen molar-refractivity contribution in [2.45, 2.75) is 20.0 Å². The number of esters is 1. The maximum absolute atomic E-state index is 9.75. The van der Waals surface area contributed by atoms with Crippen LogP contribution in [0.1, 0.15) is 13.8 Å². The molecule has 7 heteroatoms. The Balaban J connectivity index is 0. The molecule has 1 unspecified atom stereocenters. The van der Waals surface area contributed by atoms with Gasteiger partial charge in [-0.05, 0) is 6.92 Å². The van der Waals surface area contributed by atoms with Crippen molar-refractivity contribution in [1.82, 2.24) is 0 Å². The van der Waals surface area contributed by atoms with Crippen molar-refractivity contribution >= 4 is 5.97 Å². The van der Waals surface area contributed by atoms with E-state index >= 15 is 0 Å². The first-order valence-electron chi connectivity index (χ1n) is 6.34. The van der Waals surface area contributed by atoms with Gasteiger partial charge in [0.05, 0.1) is 58.6 Å². The van der Waals surface area contributed by atoms with Crippen LogP contribution in [-0.2, 0) is 23.7 Å². The highest BCUT2D eigenvalue weighted by Crippen LogP contribution is 1.84. The van der Waals surface area contributed by atoms with Crippen molar-refractivity contribution in [3.63, 3.8) is 0 Å². The Hall–Kier alpha value is -0.990. The van der Waals surface area contributed by atoms with Crippen LogP contribution in [0.5, 0.6) is 0 Å². The third-order valence-electron chi connectivity index (χ3n) is 1.59. The molecule has 0 radical (unpaired) electrons. The summed E-state index contributed by atoms with van der Waals surface area (Å²) in [6.07, 6.45) is 0.672. The van der Waals surface area contributed by atoms with Crippen molar-refractivity contribution in [1.29, 1.82) is 0 Å². The number of hydrogen-bond donors (Lipinski definition) is 2. The van der Waals surface area contributed by atoms with Crippen molar-refractivity contribution in [2.75, 3.05) is 46.2 Å². The van der Waals surface area contributed by atoms with Gasteiger partial charge in [0.2, 0.25) is 0 Å². The maximum Gasteiger partial charge on any atom is 0.307 e. The second-order valence-electron chi connectivity index (χ2n) is 3.65. The third-order valence-corrected chi connectivity index (χ3v) is 1.59. The van der Waals surface area contributed by atoms with E-state index in [1.54, 1.807) is 6.92 Å². The van der Waals surface area contributed by atoms with Gasteiger partial charge in [-0.3, -0.25) is 4.79 Å². The number of aliphatic hydroxyl groups is 2. The van der Waals surface area contributed by atoms with Gasteiger partial charge in [-0.2, -0.15) is 0 Å². The fourth-order valence-corrected chi connectivity index (χ4v) is 0.876. The Kier molecular flexibility index (Phi) is 19.2. The first kappa shape index (κ1) is 21.3. The zero-order chi connectivity index (χ0) is 15.6. The lowest BCUT2D eigenvalue weighted by Gasteiger charge is -2.07. The highest BCUT2D eigenvalue weighted by Gasteiger charge is 1.94. The number of rotatable bonds is 11. The van der Waals surface area contributed by atoms with E-state index < -0.39 is 6.10 Å². The first-order valence-corrected chi connectivity index (χ1v) is 6.34. The van der Waals surface area contributed by atoms with Gasteiger partial charge in [-0.25, -0.2) is 0 Å². The highest BCUT2D eigenvalue weighted by molar-refractivity contribution is 5.66. The minimum Gasteiger partial charge on any atom is -0.435 e. The van der Waals surface area contributed by atoms with Crippen LogP contribution < -0.4 is 0 Å². The number of carbonyl (C=O) groups is 1. The lowest BCUT2D eigenvalue weighted by molar-refractivity contribution is -0.135. The van der Waals surface area contributed by atoms with Gasteiger partial charge in [-0.1, -0.05) is 6.58 Å². The summed E-state index contributed by atoms with van der Waals surface area (Å²) >= 11 is 0. The number of carbonyl (C=O) groups excluding carboxylic acids is 1.